The second-order valence-electron chi connectivity index (χ2n) is 6.32. The predicted octanol–water partition coefficient (Wildman–Crippen LogP) is 4.10. The molecule has 2 atom stereocenters. The molecule has 1 spiro atoms. The molecule has 0 fully saturated rings. The van der Waals surface area contributed by atoms with Crippen LogP contribution >= 0.6 is 11.8 Å². The van der Waals surface area contributed by atoms with E-state index in [1.54, 1.807) is 0 Å². The van der Waals surface area contributed by atoms with Gasteiger partial charge in [0.15, 0.2) is 5.04 Å². The van der Waals surface area contributed by atoms with Gasteiger partial charge >= 0.3 is 30.2 Å². The van der Waals surface area contributed by atoms with Crippen LogP contribution in [0, 0.1) is 5.92 Å². The van der Waals surface area contributed by atoms with Crippen LogP contribution in [0.15, 0.2) is 16.6 Å². The van der Waals surface area contributed by atoms with Gasteiger partial charge in [-0.1, -0.05) is 23.4 Å². The van der Waals surface area contributed by atoms with Gasteiger partial charge in [-0.15, -0.1) is 0 Å². The van der Waals surface area contributed by atoms with Crippen molar-refractivity contribution in [2.24, 2.45) is 10.9 Å². The van der Waals surface area contributed by atoms with Gasteiger partial charge in [0.2, 0.25) is 0 Å². The minimum absolute atomic E-state index is 0.171. The summed E-state index contributed by atoms with van der Waals surface area (Å²) >= 11 is -0.290. The fourth-order valence-electron chi connectivity index (χ4n) is 2.92. The summed E-state index contributed by atoms with van der Waals surface area (Å²) in [6, 6.07) is 0. The highest BCUT2D eigenvalue weighted by atomic mass is 32.2. The van der Waals surface area contributed by atoms with E-state index in [-0.39, 0.29) is 24.6 Å². The molecule has 1 amide bonds. The van der Waals surface area contributed by atoms with Crippen LogP contribution in [-0.4, -0.2) is 53.0 Å². The molecule has 0 saturated heterocycles. The Morgan fingerprint density at radius 3 is 2.36 bits per heavy atom. The van der Waals surface area contributed by atoms with Crippen molar-refractivity contribution in [3.05, 3.63) is 11.6 Å². The average molecular weight is 439 g/mol. The first-order valence-corrected chi connectivity index (χ1v) is 8.44. The number of alkyl halides is 8. The fraction of sp³-hybridized carbons (Fsp3) is 0.667. The van der Waals surface area contributed by atoms with Crippen molar-refractivity contribution >= 4 is 28.7 Å². The van der Waals surface area contributed by atoms with Crippen LogP contribution in [0.5, 0.6) is 0 Å². The molecule has 0 N–H and O–H groups in total. The number of ether oxygens (including phenoxy) is 1. The SMILES string of the molecule is COC(=O)C1CC=C(C)CC12SC(C(F)(F)C(F)(F)C(F)(F)C(F)F)=NC2=O. The molecule has 0 bridgehead atoms. The summed E-state index contributed by atoms with van der Waals surface area (Å²) in [7, 11) is 0.943. The van der Waals surface area contributed by atoms with Crippen molar-refractivity contribution in [2.45, 2.75) is 48.7 Å². The van der Waals surface area contributed by atoms with Gasteiger partial charge < -0.3 is 4.74 Å². The highest BCUT2D eigenvalue weighted by molar-refractivity contribution is 8.16. The van der Waals surface area contributed by atoms with Crippen molar-refractivity contribution < 1.29 is 49.4 Å². The highest BCUT2D eigenvalue weighted by Crippen LogP contribution is 2.56. The number of nitrogens with zero attached hydrogens (tertiary/aromatic N) is 1. The topological polar surface area (TPSA) is 55.7 Å². The van der Waals surface area contributed by atoms with Gasteiger partial charge in [0.25, 0.3) is 5.91 Å². The van der Waals surface area contributed by atoms with E-state index < -0.39 is 51.8 Å². The first kappa shape index (κ1) is 22.6. The Bertz CT molecular complexity index is 752. The number of carbonyl (C=O) groups is 2. The minimum Gasteiger partial charge on any atom is -0.469 e. The molecular formula is C15H13F8NO3S. The number of hydrogen-bond acceptors (Lipinski definition) is 4. The van der Waals surface area contributed by atoms with Gasteiger partial charge in [-0.05, 0) is 19.8 Å². The fourth-order valence-corrected chi connectivity index (χ4v) is 4.42. The van der Waals surface area contributed by atoms with E-state index in [4.69, 9.17) is 0 Å². The zero-order valence-corrected chi connectivity index (χ0v) is 15.1. The molecule has 0 saturated carbocycles. The lowest BCUT2D eigenvalue weighted by Gasteiger charge is -2.37. The van der Waals surface area contributed by atoms with Crippen LogP contribution in [0.3, 0.4) is 0 Å². The van der Waals surface area contributed by atoms with E-state index >= 15 is 0 Å². The quantitative estimate of drug-likeness (QED) is 0.368. The number of esters is 1. The largest absolute Gasteiger partial charge is 0.469 e. The van der Waals surface area contributed by atoms with Crippen LogP contribution in [0.25, 0.3) is 0 Å². The number of carbonyl (C=O) groups excluding carboxylic acids is 2. The van der Waals surface area contributed by atoms with Crippen molar-refractivity contribution in [3.63, 3.8) is 0 Å². The Morgan fingerprint density at radius 2 is 1.86 bits per heavy atom. The molecule has 1 aliphatic heterocycles. The summed E-state index contributed by atoms with van der Waals surface area (Å²) in [6.07, 6.45) is -4.13. The number of aliphatic imine (C=N–C) groups is 1. The molecule has 0 aromatic rings. The number of allylic oxidation sites excluding steroid dienone is 2. The molecule has 0 radical (unpaired) electrons. The lowest BCUT2D eigenvalue weighted by Crippen LogP contribution is -2.60. The Morgan fingerprint density at radius 1 is 1.29 bits per heavy atom. The lowest BCUT2D eigenvalue weighted by atomic mass is 9.78. The third-order valence-electron chi connectivity index (χ3n) is 4.49. The summed E-state index contributed by atoms with van der Waals surface area (Å²) in [5, 5.41) is -2.05. The van der Waals surface area contributed by atoms with E-state index in [1.165, 1.54) is 13.0 Å². The Hall–Kier alpha value is -1.66. The number of rotatable bonds is 5. The van der Waals surface area contributed by atoms with Crippen LogP contribution in [-0.2, 0) is 14.3 Å². The molecule has 1 aliphatic carbocycles. The van der Waals surface area contributed by atoms with Crippen LogP contribution in [0.2, 0.25) is 0 Å². The lowest BCUT2D eigenvalue weighted by molar-refractivity contribution is -0.318. The van der Waals surface area contributed by atoms with Crippen molar-refractivity contribution in [2.75, 3.05) is 7.11 Å². The number of amides is 1. The molecule has 2 unspecified atom stereocenters. The minimum atomic E-state index is -6.54. The van der Waals surface area contributed by atoms with Gasteiger partial charge in [-0.2, -0.15) is 26.3 Å². The summed E-state index contributed by atoms with van der Waals surface area (Å²) in [5.74, 6) is -22.7. The molecule has 158 valence electrons. The highest BCUT2D eigenvalue weighted by Gasteiger charge is 2.78. The van der Waals surface area contributed by atoms with Crippen LogP contribution < -0.4 is 0 Å². The summed E-state index contributed by atoms with van der Waals surface area (Å²) < 4.78 is 109. The van der Waals surface area contributed by atoms with Gasteiger partial charge in [-0.3, -0.25) is 9.59 Å². The third kappa shape index (κ3) is 3.11. The van der Waals surface area contributed by atoms with E-state index in [1.807, 2.05) is 0 Å². The number of thioether (sulfide) groups is 1. The second-order valence-corrected chi connectivity index (χ2v) is 7.64. The monoisotopic (exact) mass is 439 g/mol. The van der Waals surface area contributed by atoms with Crippen LogP contribution in [0.1, 0.15) is 19.8 Å². The van der Waals surface area contributed by atoms with E-state index in [2.05, 4.69) is 9.73 Å². The molecule has 0 aromatic heterocycles. The van der Waals surface area contributed by atoms with Crippen molar-refractivity contribution in [3.8, 4) is 0 Å². The number of halogens is 8. The maximum atomic E-state index is 14.2. The molecule has 4 nitrogen and oxygen atoms in total. The van der Waals surface area contributed by atoms with E-state index in [0.717, 1.165) is 7.11 Å². The van der Waals surface area contributed by atoms with E-state index in [0.29, 0.717) is 5.57 Å². The zero-order valence-electron chi connectivity index (χ0n) is 14.3. The summed E-state index contributed by atoms with van der Waals surface area (Å²) in [4.78, 5) is 27.1. The number of methoxy groups -OCH3 is 1. The molecule has 2 rings (SSSR count). The maximum absolute atomic E-state index is 14.2. The van der Waals surface area contributed by atoms with Crippen molar-refractivity contribution in [1.29, 1.82) is 0 Å². The summed E-state index contributed by atoms with van der Waals surface area (Å²) in [6.45, 7) is 1.47. The molecule has 28 heavy (non-hydrogen) atoms. The van der Waals surface area contributed by atoms with Gasteiger partial charge in [-0.25, -0.2) is 13.8 Å². The van der Waals surface area contributed by atoms with Gasteiger partial charge in [0.1, 0.15) is 4.75 Å². The summed E-state index contributed by atoms with van der Waals surface area (Å²) in [5.41, 5.74) is 0.436. The molecule has 2 aliphatic rings. The molecule has 1 heterocycles. The normalized spacial score (nSPS) is 26.5. The van der Waals surface area contributed by atoms with Gasteiger partial charge in [0, 0.05) is 0 Å². The van der Waals surface area contributed by atoms with Crippen molar-refractivity contribution in [1.82, 2.24) is 0 Å². The molecular weight excluding hydrogens is 426 g/mol. The molecule has 0 aromatic carbocycles. The van der Waals surface area contributed by atoms with E-state index in [9.17, 15) is 44.7 Å². The third-order valence-corrected chi connectivity index (χ3v) is 6.00. The maximum Gasteiger partial charge on any atom is 0.384 e. The van der Waals surface area contributed by atoms with Crippen LogP contribution in [0.4, 0.5) is 35.1 Å². The number of hydrogen-bond donors (Lipinski definition) is 0. The Labute approximate surface area is 157 Å². The first-order valence-electron chi connectivity index (χ1n) is 7.62. The molecule has 13 heteroatoms. The Kier molecular flexibility index (Phi) is 5.65. The Balaban J connectivity index is 2.48. The smallest absolute Gasteiger partial charge is 0.384 e. The van der Waals surface area contributed by atoms with Gasteiger partial charge in [0.05, 0.1) is 13.0 Å². The zero-order chi connectivity index (χ0) is 21.7. The standard InChI is InChI=1S/C15H13F8NO3S/c1-6-3-4-7(8(25)27-2)12(5-6)10(26)24-11(28-12)14(20,21)15(22,23)13(18,19)9(16)17/h3,7,9H,4-5H2,1-2H3. The average Bonchev–Trinajstić information content (AvgIpc) is 2.91. The second kappa shape index (κ2) is 6.99. The predicted molar refractivity (Wildman–Crippen MR) is 82.1 cm³/mol. The first-order chi connectivity index (χ1) is 12.6.